The van der Waals surface area contributed by atoms with E-state index >= 15 is 0 Å². The van der Waals surface area contributed by atoms with E-state index in [1.807, 2.05) is 0 Å². The number of aliphatic carboxylic acids is 1. The molecule has 0 aromatic heterocycles. The number of phenols is 2. The van der Waals surface area contributed by atoms with Crippen LogP contribution in [0.1, 0.15) is 17.3 Å². The number of aromatic hydroxyl groups is 2. The standard InChI is InChI=1S/C13H15NO5/c1-7(13(18)19)8-5-14(6-8)12(17)10-3-2-9(15)4-11(10)16/h2-4,7-8,15-16H,5-6H2,1H3,(H,18,19). The number of carbonyl (C=O) groups is 2. The van der Waals surface area contributed by atoms with E-state index < -0.39 is 11.9 Å². The molecule has 1 unspecified atom stereocenters. The monoisotopic (exact) mass is 265 g/mol. The lowest BCUT2D eigenvalue weighted by atomic mass is 9.86. The number of likely N-dealkylation sites (tertiary alicyclic amines) is 1. The fraction of sp³-hybridized carbons (Fsp3) is 0.385. The number of hydrogen-bond acceptors (Lipinski definition) is 4. The predicted octanol–water partition coefficient (Wildman–Crippen LogP) is 0.890. The maximum atomic E-state index is 12.0. The molecule has 1 aromatic carbocycles. The van der Waals surface area contributed by atoms with Crippen LogP contribution in [0.2, 0.25) is 0 Å². The number of carboxylic acid groups (broad SMARTS) is 1. The molecule has 1 aliphatic rings. The molecule has 0 bridgehead atoms. The minimum absolute atomic E-state index is 0.0549. The zero-order chi connectivity index (χ0) is 14.2. The maximum Gasteiger partial charge on any atom is 0.306 e. The van der Waals surface area contributed by atoms with Gasteiger partial charge in [-0.15, -0.1) is 0 Å². The highest BCUT2D eigenvalue weighted by Gasteiger charge is 2.37. The summed E-state index contributed by atoms with van der Waals surface area (Å²) in [6.45, 7) is 2.35. The van der Waals surface area contributed by atoms with E-state index in [-0.39, 0.29) is 28.9 Å². The number of carbonyl (C=O) groups excluding carboxylic acids is 1. The normalized spacial score (nSPS) is 16.8. The van der Waals surface area contributed by atoms with E-state index in [4.69, 9.17) is 10.2 Å². The highest BCUT2D eigenvalue weighted by atomic mass is 16.4. The first kappa shape index (κ1) is 13.2. The highest BCUT2D eigenvalue weighted by molar-refractivity contribution is 5.97. The summed E-state index contributed by atoms with van der Waals surface area (Å²) in [7, 11) is 0. The Hall–Kier alpha value is -2.24. The SMILES string of the molecule is CC(C(=O)O)C1CN(C(=O)c2ccc(O)cc2O)C1. The van der Waals surface area contributed by atoms with E-state index in [1.165, 1.54) is 17.0 Å². The van der Waals surface area contributed by atoms with E-state index in [0.29, 0.717) is 13.1 Å². The average molecular weight is 265 g/mol. The Labute approximate surface area is 109 Å². The van der Waals surface area contributed by atoms with Crippen LogP contribution in [0.4, 0.5) is 0 Å². The maximum absolute atomic E-state index is 12.0. The van der Waals surface area contributed by atoms with Crippen molar-refractivity contribution in [3.63, 3.8) is 0 Å². The predicted molar refractivity (Wildman–Crippen MR) is 66.0 cm³/mol. The molecule has 1 aromatic rings. The molecule has 2 rings (SSSR count). The number of rotatable bonds is 3. The molecule has 1 amide bonds. The van der Waals surface area contributed by atoms with Gasteiger partial charge in [-0.1, -0.05) is 6.92 Å². The van der Waals surface area contributed by atoms with Crippen molar-refractivity contribution in [3.8, 4) is 11.5 Å². The van der Waals surface area contributed by atoms with Gasteiger partial charge in [-0.3, -0.25) is 9.59 Å². The molecule has 0 spiro atoms. The van der Waals surface area contributed by atoms with Gasteiger partial charge >= 0.3 is 5.97 Å². The zero-order valence-corrected chi connectivity index (χ0v) is 10.4. The lowest BCUT2D eigenvalue weighted by Gasteiger charge is -2.41. The third-order valence-electron chi connectivity index (χ3n) is 3.51. The van der Waals surface area contributed by atoms with Crippen molar-refractivity contribution in [2.45, 2.75) is 6.92 Å². The number of nitrogens with zero attached hydrogens (tertiary/aromatic N) is 1. The van der Waals surface area contributed by atoms with Crippen molar-refractivity contribution in [3.05, 3.63) is 23.8 Å². The molecule has 0 aliphatic carbocycles. The fourth-order valence-electron chi connectivity index (χ4n) is 2.07. The highest BCUT2D eigenvalue weighted by Crippen LogP contribution is 2.29. The third kappa shape index (κ3) is 2.47. The molecule has 6 nitrogen and oxygen atoms in total. The second kappa shape index (κ2) is 4.79. The molecule has 3 N–H and O–H groups in total. The van der Waals surface area contributed by atoms with Gasteiger partial charge in [0.1, 0.15) is 11.5 Å². The molecule has 0 saturated carbocycles. The van der Waals surface area contributed by atoms with Crippen LogP contribution in [0.15, 0.2) is 18.2 Å². The van der Waals surface area contributed by atoms with Crippen LogP contribution in [0.3, 0.4) is 0 Å². The van der Waals surface area contributed by atoms with E-state index in [0.717, 1.165) is 6.07 Å². The molecule has 1 heterocycles. The van der Waals surface area contributed by atoms with Crippen molar-refractivity contribution in [1.29, 1.82) is 0 Å². The topological polar surface area (TPSA) is 98.1 Å². The van der Waals surface area contributed by atoms with Crippen molar-refractivity contribution in [2.24, 2.45) is 11.8 Å². The first-order valence-electron chi connectivity index (χ1n) is 5.94. The number of carboxylic acids is 1. The summed E-state index contributed by atoms with van der Waals surface area (Å²) in [6, 6.07) is 3.77. The molecule has 0 radical (unpaired) electrons. The van der Waals surface area contributed by atoms with E-state index in [2.05, 4.69) is 0 Å². The second-order valence-corrected chi connectivity index (χ2v) is 4.80. The molecular weight excluding hydrogens is 250 g/mol. The smallest absolute Gasteiger partial charge is 0.306 e. The second-order valence-electron chi connectivity index (χ2n) is 4.80. The van der Waals surface area contributed by atoms with Gasteiger partial charge in [0.2, 0.25) is 0 Å². The Balaban J connectivity index is 2.02. The third-order valence-corrected chi connectivity index (χ3v) is 3.51. The molecule has 1 atom stereocenters. The van der Waals surface area contributed by atoms with Crippen molar-refractivity contribution in [1.82, 2.24) is 4.90 Å². The Morgan fingerprint density at radius 2 is 1.95 bits per heavy atom. The quantitative estimate of drug-likeness (QED) is 0.754. The Kier molecular flexibility index (Phi) is 3.33. The van der Waals surface area contributed by atoms with Gasteiger partial charge in [0.15, 0.2) is 0 Å². The number of phenolic OH excluding ortho intramolecular Hbond substituents is 2. The van der Waals surface area contributed by atoms with Crippen LogP contribution in [0, 0.1) is 11.8 Å². The van der Waals surface area contributed by atoms with Crippen molar-refractivity contribution >= 4 is 11.9 Å². The van der Waals surface area contributed by atoms with Crippen LogP contribution in [-0.2, 0) is 4.79 Å². The van der Waals surface area contributed by atoms with Gasteiger partial charge in [-0.05, 0) is 12.1 Å². The lowest BCUT2D eigenvalue weighted by Crippen LogP contribution is -2.53. The van der Waals surface area contributed by atoms with Crippen LogP contribution >= 0.6 is 0 Å². The molecule has 1 aliphatic heterocycles. The lowest BCUT2D eigenvalue weighted by molar-refractivity contribution is -0.144. The Bertz CT molecular complexity index is 522. The van der Waals surface area contributed by atoms with E-state index in [9.17, 15) is 14.7 Å². The van der Waals surface area contributed by atoms with Gasteiger partial charge < -0.3 is 20.2 Å². The largest absolute Gasteiger partial charge is 0.508 e. The van der Waals surface area contributed by atoms with Gasteiger partial charge in [0.05, 0.1) is 11.5 Å². The first-order chi connectivity index (χ1) is 8.90. The first-order valence-corrected chi connectivity index (χ1v) is 5.94. The Morgan fingerprint density at radius 3 is 2.47 bits per heavy atom. The van der Waals surface area contributed by atoms with Gasteiger partial charge in [0.25, 0.3) is 5.91 Å². The van der Waals surface area contributed by atoms with Gasteiger partial charge in [-0.2, -0.15) is 0 Å². The van der Waals surface area contributed by atoms with Crippen molar-refractivity contribution < 1.29 is 24.9 Å². The molecule has 19 heavy (non-hydrogen) atoms. The molecule has 1 saturated heterocycles. The summed E-state index contributed by atoms with van der Waals surface area (Å²) in [6.07, 6.45) is 0. The van der Waals surface area contributed by atoms with Crippen LogP contribution in [-0.4, -0.2) is 45.2 Å². The summed E-state index contributed by atoms with van der Waals surface area (Å²) >= 11 is 0. The van der Waals surface area contributed by atoms with Crippen LogP contribution < -0.4 is 0 Å². The minimum Gasteiger partial charge on any atom is -0.508 e. The summed E-state index contributed by atoms with van der Waals surface area (Å²) in [5.74, 6) is -2.16. The van der Waals surface area contributed by atoms with Crippen LogP contribution in [0.5, 0.6) is 11.5 Å². The zero-order valence-electron chi connectivity index (χ0n) is 10.4. The Morgan fingerprint density at radius 1 is 1.32 bits per heavy atom. The van der Waals surface area contributed by atoms with Gasteiger partial charge in [0, 0.05) is 25.1 Å². The number of amides is 1. The molecular formula is C13H15NO5. The van der Waals surface area contributed by atoms with Crippen LogP contribution in [0.25, 0.3) is 0 Å². The molecule has 1 fully saturated rings. The summed E-state index contributed by atoms with van der Waals surface area (Å²) in [5.41, 5.74) is 0.110. The van der Waals surface area contributed by atoms with Gasteiger partial charge in [-0.25, -0.2) is 0 Å². The summed E-state index contributed by atoms with van der Waals surface area (Å²) in [4.78, 5) is 24.3. The molecule has 6 heteroatoms. The minimum atomic E-state index is -0.871. The fourth-order valence-corrected chi connectivity index (χ4v) is 2.07. The molecule has 102 valence electrons. The average Bonchev–Trinajstić information content (AvgIpc) is 2.26. The van der Waals surface area contributed by atoms with Crippen molar-refractivity contribution in [2.75, 3.05) is 13.1 Å². The number of hydrogen-bond donors (Lipinski definition) is 3. The van der Waals surface area contributed by atoms with E-state index in [1.54, 1.807) is 6.92 Å². The summed E-state index contributed by atoms with van der Waals surface area (Å²) in [5, 5.41) is 27.6. The number of benzene rings is 1. The summed E-state index contributed by atoms with van der Waals surface area (Å²) < 4.78 is 0.